The summed E-state index contributed by atoms with van der Waals surface area (Å²) in [6.07, 6.45) is 2.69. The largest absolute Gasteiger partial charge is 0.443 e. The molecule has 1 saturated heterocycles. The number of rotatable bonds is 5. The normalized spacial score (nSPS) is 14.7. The molecular formula is C19H30N2O6. The molecule has 1 fully saturated rings. The molecule has 1 heterocycles. The first kappa shape index (κ1) is 22.7. The molecule has 27 heavy (non-hydrogen) atoms. The molecule has 0 aliphatic carbocycles. The van der Waals surface area contributed by atoms with E-state index in [0.717, 1.165) is 4.90 Å². The summed E-state index contributed by atoms with van der Waals surface area (Å²) in [5, 5.41) is 0. The van der Waals surface area contributed by atoms with Crippen LogP contribution in [0.5, 0.6) is 0 Å². The van der Waals surface area contributed by atoms with Gasteiger partial charge in [0, 0.05) is 19.5 Å². The second-order valence-corrected chi connectivity index (χ2v) is 8.29. The number of unbranched alkanes of at least 4 members (excludes halogenated alkanes) is 1. The van der Waals surface area contributed by atoms with E-state index in [0.29, 0.717) is 25.8 Å². The highest BCUT2D eigenvalue weighted by atomic mass is 16.6. The number of carbonyl (C=O) groups is 4. The van der Waals surface area contributed by atoms with Crippen molar-refractivity contribution in [3.63, 3.8) is 0 Å². The molecule has 0 N–H and O–H groups in total. The molecule has 0 atom stereocenters. The molecule has 0 aromatic rings. The molecule has 1 rings (SSSR count). The van der Waals surface area contributed by atoms with Crippen LogP contribution in [0.1, 0.15) is 60.8 Å². The molecule has 8 nitrogen and oxygen atoms in total. The van der Waals surface area contributed by atoms with Gasteiger partial charge in [0.15, 0.2) is 0 Å². The molecule has 0 bridgehead atoms. The van der Waals surface area contributed by atoms with Crippen molar-refractivity contribution in [2.45, 2.75) is 72.0 Å². The summed E-state index contributed by atoms with van der Waals surface area (Å²) in [5.41, 5.74) is -1.49. The number of ether oxygens (including phenoxy) is 2. The summed E-state index contributed by atoms with van der Waals surface area (Å²) in [5.74, 6) is -0.520. The van der Waals surface area contributed by atoms with Crippen LogP contribution in [0.2, 0.25) is 0 Å². The Balaban J connectivity index is 2.59. The Morgan fingerprint density at radius 1 is 1.04 bits per heavy atom. The predicted octanol–water partition coefficient (Wildman–Crippen LogP) is 3.25. The smallest absolute Gasteiger partial charge is 0.419 e. The van der Waals surface area contributed by atoms with E-state index in [1.165, 1.54) is 11.0 Å². The fourth-order valence-corrected chi connectivity index (χ4v) is 2.08. The average Bonchev–Trinajstić information content (AvgIpc) is 2.45. The second-order valence-electron chi connectivity index (χ2n) is 8.29. The summed E-state index contributed by atoms with van der Waals surface area (Å²) in [7, 11) is 0. The summed E-state index contributed by atoms with van der Waals surface area (Å²) in [4.78, 5) is 49.6. The third-order valence-corrected chi connectivity index (χ3v) is 3.36. The maximum absolute atomic E-state index is 12.3. The van der Waals surface area contributed by atoms with Gasteiger partial charge in [-0.1, -0.05) is 6.08 Å². The van der Waals surface area contributed by atoms with E-state index in [1.54, 1.807) is 47.6 Å². The lowest BCUT2D eigenvalue weighted by atomic mass is 10.2. The van der Waals surface area contributed by atoms with Gasteiger partial charge >= 0.3 is 12.2 Å². The predicted molar refractivity (Wildman–Crippen MR) is 98.9 cm³/mol. The Kier molecular flexibility index (Phi) is 7.56. The zero-order chi connectivity index (χ0) is 20.8. The summed E-state index contributed by atoms with van der Waals surface area (Å²) in [6, 6.07) is 0. The molecule has 4 amide bonds. The first-order valence-electron chi connectivity index (χ1n) is 9.04. The van der Waals surface area contributed by atoms with Crippen LogP contribution in [0.4, 0.5) is 9.59 Å². The minimum atomic E-state index is -0.775. The van der Waals surface area contributed by atoms with E-state index in [2.05, 4.69) is 0 Å². The number of hydrogen-bond donors (Lipinski definition) is 0. The number of amides is 4. The van der Waals surface area contributed by atoms with Crippen LogP contribution in [0.3, 0.4) is 0 Å². The second kappa shape index (κ2) is 9.01. The number of likely N-dealkylation sites (tertiary alicyclic amines) is 1. The molecular weight excluding hydrogens is 352 g/mol. The van der Waals surface area contributed by atoms with Crippen LogP contribution in [0, 0.1) is 0 Å². The van der Waals surface area contributed by atoms with Crippen LogP contribution in [0.15, 0.2) is 12.2 Å². The molecule has 8 heteroatoms. The zero-order valence-corrected chi connectivity index (χ0v) is 17.0. The van der Waals surface area contributed by atoms with Crippen molar-refractivity contribution in [3.8, 4) is 0 Å². The van der Waals surface area contributed by atoms with Crippen LogP contribution >= 0.6 is 0 Å². The quantitative estimate of drug-likeness (QED) is 0.412. The molecule has 0 aromatic heterocycles. The molecule has 0 unspecified atom stereocenters. The van der Waals surface area contributed by atoms with Gasteiger partial charge in [-0.05, 0) is 60.5 Å². The fraction of sp³-hybridized carbons (Fsp3) is 0.684. The number of β-lactam (4-membered cyclic amide) rings is 1. The van der Waals surface area contributed by atoms with Crippen molar-refractivity contribution in [3.05, 3.63) is 12.2 Å². The first-order valence-corrected chi connectivity index (χ1v) is 9.04. The van der Waals surface area contributed by atoms with E-state index >= 15 is 0 Å². The monoisotopic (exact) mass is 382 g/mol. The Morgan fingerprint density at radius 2 is 1.56 bits per heavy atom. The highest BCUT2D eigenvalue weighted by Gasteiger charge is 2.31. The van der Waals surface area contributed by atoms with Gasteiger partial charge in [0.05, 0.1) is 0 Å². The maximum Gasteiger partial charge on any atom is 0.419 e. The lowest BCUT2D eigenvalue weighted by molar-refractivity contribution is -0.149. The van der Waals surface area contributed by atoms with Crippen molar-refractivity contribution < 1.29 is 28.7 Å². The van der Waals surface area contributed by atoms with Crippen molar-refractivity contribution in [1.82, 2.24) is 9.80 Å². The molecule has 0 radical (unpaired) electrons. The molecule has 1 aliphatic heterocycles. The average molecular weight is 382 g/mol. The van der Waals surface area contributed by atoms with Crippen molar-refractivity contribution in [2.24, 2.45) is 0 Å². The molecule has 0 aromatic carbocycles. The summed E-state index contributed by atoms with van der Waals surface area (Å²) in [6.45, 7) is 10.8. The molecule has 0 saturated carbocycles. The van der Waals surface area contributed by atoms with Gasteiger partial charge in [-0.15, -0.1) is 0 Å². The summed E-state index contributed by atoms with van der Waals surface area (Å²) < 4.78 is 10.5. The minimum Gasteiger partial charge on any atom is -0.443 e. The van der Waals surface area contributed by atoms with E-state index < -0.39 is 23.4 Å². The van der Waals surface area contributed by atoms with E-state index in [4.69, 9.17) is 9.47 Å². The lowest BCUT2D eigenvalue weighted by Gasteiger charge is -2.28. The van der Waals surface area contributed by atoms with Gasteiger partial charge in [-0.3, -0.25) is 14.5 Å². The van der Waals surface area contributed by atoms with Crippen molar-refractivity contribution in [1.29, 1.82) is 0 Å². The van der Waals surface area contributed by atoms with E-state index in [-0.39, 0.29) is 18.4 Å². The SMILES string of the molecule is CC(C)(C)OC(=O)N(CCC/C=C/C(=O)N1CCC1=O)C(=O)OC(C)(C)C. The van der Waals surface area contributed by atoms with Crippen LogP contribution in [-0.4, -0.2) is 58.1 Å². The zero-order valence-electron chi connectivity index (χ0n) is 17.0. The van der Waals surface area contributed by atoms with Gasteiger partial charge in [0.25, 0.3) is 5.91 Å². The Morgan fingerprint density at radius 3 is 1.93 bits per heavy atom. The Bertz CT molecular complexity index is 585. The van der Waals surface area contributed by atoms with Gasteiger partial charge in [-0.25, -0.2) is 14.5 Å². The number of hydrogen-bond acceptors (Lipinski definition) is 6. The van der Waals surface area contributed by atoms with Crippen LogP contribution in [0.25, 0.3) is 0 Å². The number of carbonyl (C=O) groups excluding carboxylic acids is 4. The molecule has 152 valence electrons. The van der Waals surface area contributed by atoms with Crippen LogP contribution in [-0.2, 0) is 19.1 Å². The number of imide groups is 2. The topological polar surface area (TPSA) is 93.2 Å². The lowest BCUT2D eigenvalue weighted by Crippen LogP contribution is -2.46. The molecule has 1 aliphatic rings. The third-order valence-electron chi connectivity index (χ3n) is 3.36. The fourth-order valence-electron chi connectivity index (χ4n) is 2.08. The standard InChI is InChI=1S/C19H30N2O6/c1-18(2,3)26-16(24)21(17(25)27-19(4,5)6)12-9-7-8-10-14(22)20-13-11-15(20)23/h8,10H,7,9,11-13H2,1-6H3/b10-8+. The van der Waals surface area contributed by atoms with Gasteiger partial charge in [0.1, 0.15) is 11.2 Å². The van der Waals surface area contributed by atoms with E-state index in [1.807, 2.05) is 0 Å². The van der Waals surface area contributed by atoms with Gasteiger partial charge in [0.2, 0.25) is 5.91 Å². The summed E-state index contributed by atoms with van der Waals surface area (Å²) >= 11 is 0. The first-order chi connectivity index (χ1) is 12.3. The number of allylic oxidation sites excluding steroid dienone is 1. The minimum absolute atomic E-state index is 0.0883. The highest BCUT2D eigenvalue weighted by molar-refractivity contribution is 6.04. The molecule has 0 spiro atoms. The van der Waals surface area contributed by atoms with Crippen molar-refractivity contribution in [2.75, 3.05) is 13.1 Å². The van der Waals surface area contributed by atoms with Gasteiger partial charge < -0.3 is 9.47 Å². The Labute approximate surface area is 160 Å². The third kappa shape index (κ3) is 8.23. The number of nitrogens with zero attached hydrogens (tertiary/aromatic N) is 2. The van der Waals surface area contributed by atoms with Gasteiger partial charge in [-0.2, -0.15) is 0 Å². The van der Waals surface area contributed by atoms with Crippen molar-refractivity contribution >= 4 is 24.0 Å². The Hall–Kier alpha value is -2.38. The van der Waals surface area contributed by atoms with Crippen LogP contribution < -0.4 is 0 Å². The highest BCUT2D eigenvalue weighted by Crippen LogP contribution is 2.15. The maximum atomic E-state index is 12.3. The van der Waals surface area contributed by atoms with E-state index in [9.17, 15) is 19.2 Å².